The van der Waals surface area contributed by atoms with Crippen LogP contribution in [0.25, 0.3) is 0 Å². The van der Waals surface area contributed by atoms with Crippen molar-refractivity contribution in [1.82, 2.24) is 4.90 Å². The molecule has 2 heterocycles. The molecule has 1 aromatic rings. The highest BCUT2D eigenvalue weighted by Gasteiger charge is 2.16. The van der Waals surface area contributed by atoms with E-state index in [1.54, 1.807) is 6.26 Å². The molecule has 0 aliphatic carbocycles. The van der Waals surface area contributed by atoms with Crippen LogP contribution in [0.1, 0.15) is 25.0 Å². The van der Waals surface area contributed by atoms with Crippen LogP contribution in [0.4, 0.5) is 0 Å². The smallest absolute Gasteiger partial charge is 0.168 e. The van der Waals surface area contributed by atoms with Crippen molar-refractivity contribution < 1.29 is 4.42 Å². The lowest BCUT2D eigenvalue weighted by molar-refractivity contribution is 0.335. The highest BCUT2D eigenvalue weighted by atomic mass is 16.3. The van der Waals surface area contributed by atoms with Crippen molar-refractivity contribution in [2.24, 2.45) is 0 Å². The quantitative estimate of drug-likeness (QED) is 0.528. The summed E-state index contributed by atoms with van der Waals surface area (Å²) in [4.78, 5) is 2.09. The predicted molar refractivity (Wildman–Crippen MR) is 51.0 cm³/mol. The molecule has 0 atom stereocenters. The van der Waals surface area contributed by atoms with Gasteiger partial charge in [0.15, 0.2) is 11.6 Å². The number of piperidine rings is 1. The molecule has 1 aliphatic heterocycles. The molecule has 1 saturated heterocycles. The van der Waals surface area contributed by atoms with Crippen molar-refractivity contribution in [2.75, 3.05) is 13.1 Å². The van der Waals surface area contributed by atoms with Crippen LogP contribution in [-0.4, -0.2) is 23.8 Å². The summed E-state index contributed by atoms with van der Waals surface area (Å²) in [6.07, 6.45) is 5.31. The molecule has 0 amide bonds. The Bertz CT molecular complexity index is 273. The lowest BCUT2D eigenvalue weighted by Gasteiger charge is -2.27. The predicted octanol–water partition coefficient (Wildman–Crippen LogP) is 2.09. The lowest BCUT2D eigenvalue weighted by Crippen LogP contribution is -2.35. The number of amidine groups is 1. The molecule has 1 fully saturated rings. The van der Waals surface area contributed by atoms with Crippen molar-refractivity contribution in [2.45, 2.75) is 19.3 Å². The van der Waals surface area contributed by atoms with Gasteiger partial charge >= 0.3 is 0 Å². The molecule has 70 valence electrons. The molecule has 13 heavy (non-hydrogen) atoms. The molecule has 0 aromatic carbocycles. The van der Waals surface area contributed by atoms with Crippen molar-refractivity contribution in [3.63, 3.8) is 0 Å². The van der Waals surface area contributed by atoms with E-state index in [-0.39, 0.29) is 0 Å². The first-order valence-corrected chi connectivity index (χ1v) is 4.75. The largest absolute Gasteiger partial charge is 0.461 e. The summed E-state index contributed by atoms with van der Waals surface area (Å²) in [5, 5.41) is 7.87. The van der Waals surface area contributed by atoms with Crippen LogP contribution in [0, 0.1) is 5.41 Å². The molecule has 0 unspecified atom stereocenters. The highest BCUT2D eigenvalue weighted by Crippen LogP contribution is 2.12. The monoisotopic (exact) mass is 178 g/mol. The van der Waals surface area contributed by atoms with E-state index in [4.69, 9.17) is 9.83 Å². The fraction of sp³-hybridized carbons (Fsp3) is 0.500. The summed E-state index contributed by atoms with van der Waals surface area (Å²) in [6.45, 7) is 2.00. The van der Waals surface area contributed by atoms with Crippen LogP contribution >= 0.6 is 0 Å². The summed E-state index contributed by atoms with van der Waals surface area (Å²) in [6, 6.07) is 3.67. The van der Waals surface area contributed by atoms with Crippen LogP contribution in [0.2, 0.25) is 0 Å². The van der Waals surface area contributed by atoms with E-state index in [0.717, 1.165) is 13.1 Å². The zero-order valence-corrected chi connectivity index (χ0v) is 7.62. The minimum absolute atomic E-state index is 0.532. The number of hydrogen-bond donors (Lipinski definition) is 1. The Morgan fingerprint density at radius 1 is 1.31 bits per heavy atom. The second-order valence-corrected chi connectivity index (χ2v) is 3.37. The van der Waals surface area contributed by atoms with E-state index in [2.05, 4.69) is 4.90 Å². The summed E-state index contributed by atoms with van der Waals surface area (Å²) in [7, 11) is 0. The van der Waals surface area contributed by atoms with Crippen molar-refractivity contribution >= 4 is 5.84 Å². The third-order valence-electron chi connectivity index (χ3n) is 2.43. The number of nitrogens with one attached hydrogen (secondary N) is 1. The van der Waals surface area contributed by atoms with Gasteiger partial charge in [0.2, 0.25) is 0 Å². The molecule has 1 aliphatic rings. The number of nitrogens with zero attached hydrogens (tertiary/aromatic N) is 1. The first-order valence-electron chi connectivity index (χ1n) is 4.75. The number of rotatable bonds is 1. The lowest BCUT2D eigenvalue weighted by atomic mass is 10.1. The summed E-state index contributed by atoms with van der Waals surface area (Å²) < 4.78 is 5.18. The summed E-state index contributed by atoms with van der Waals surface area (Å²) in [5.41, 5.74) is 0. The average molecular weight is 178 g/mol. The molecule has 2 rings (SSSR count). The molecule has 3 heteroatoms. The Labute approximate surface area is 77.9 Å². The highest BCUT2D eigenvalue weighted by molar-refractivity contribution is 5.93. The fourth-order valence-corrected chi connectivity index (χ4v) is 1.69. The van der Waals surface area contributed by atoms with Crippen molar-refractivity contribution in [3.05, 3.63) is 24.2 Å². The molecule has 1 aromatic heterocycles. The van der Waals surface area contributed by atoms with Gasteiger partial charge in [-0.15, -0.1) is 0 Å². The standard InChI is InChI=1S/C10H14N2O/c11-10(9-5-4-8-13-9)12-6-2-1-3-7-12/h4-5,8,11H,1-3,6-7H2. The van der Waals surface area contributed by atoms with E-state index in [0.29, 0.717) is 11.6 Å². The molecule has 0 radical (unpaired) electrons. The summed E-state index contributed by atoms with van der Waals surface area (Å²) >= 11 is 0. The molecular weight excluding hydrogens is 164 g/mol. The number of hydrogen-bond acceptors (Lipinski definition) is 2. The zero-order valence-electron chi connectivity index (χ0n) is 7.62. The van der Waals surface area contributed by atoms with E-state index in [1.807, 2.05) is 12.1 Å². The number of furan rings is 1. The molecule has 0 bridgehead atoms. The van der Waals surface area contributed by atoms with E-state index in [9.17, 15) is 0 Å². The molecule has 0 spiro atoms. The van der Waals surface area contributed by atoms with Gasteiger partial charge in [-0.25, -0.2) is 0 Å². The maximum atomic E-state index is 7.87. The first kappa shape index (κ1) is 8.35. The third-order valence-corrected chi connectivity index (χ3v) is 2.43. The molecule has 3 nitrogen and oxygen atoms in total. The molecular formula is C10H14N2O. The van der Waals surface area contributed by atoms with Gasteiger partial charge in [-0.2, -0.15) is 0 Å². The van der Waals surface area contributed by atoms with Crippen molar-refractivity contribution in [3.8, 4) is 0 Å². The average Bonchev–Trinajstić information content (AvgIpc) is 2.71. The van der Waals surface area contributed by atoms with Gasteiger partial charge in [-0.05, 0) is 31.4 Å². The van der Waals surface area contributed by atoms with Gasteiger partial charge in [-0.3, -0.25) is 5.41 Å². The van der Waals surface area contributed by atoms with Crippen LogP contribution in [0.15, 0.2) is 22.8 Å². The van der Waals surface area contributed by atoms with Gasteiger partial charge in [0.25, 0.3) is 0 Å². The number of likely N-dealkylation sites (tertiary alicyclic amines) is 1. The van der Waals surface area contributed by atoms with Gasteiger partial charge in [0.1, 0.15) is 0 Å². The Balaban J connectivity index is 2.04. The fourth-order valence-electron chi connectivity index (χ4n) is 1.69. The Hall–Kier alpha value is -1.25. The van der Waals surface area contributed by atoms with Crippen LogP contribution in [0.3, 0.4) is 0 Å². The Kier molecular flexibility index (Phi) is 2.34. The topological polar surface area (TPSA) is 40.2 Å². The molecule has 0 saturated carbocycles. The van der Waals surface area contributed by atoms with Crippen LogP contribution in [-0.2, 0) is 0 Å². The molecule has 1 N–H and O–H groups in total. The van der Waals surface area contributed by atoms with E-state index >= 15 is 0 Å². The zero-order chi connectivity index (χ0) is 9.10. The minimum Gasteiger partial charge on any atom is -0.461 e. The second-order valence-electron chi connectivity index (χ2n) is 3.37. The van der Waals surface area contributed by atoms with E-state index < -0.39 is 0 Å². The summed E-state index contributed by atoms with van der Waals surface area (Å²) in [5.74, 6) is 1.21. The normalized spacial score (nSPS) is 17.4. The van der Waals surface area contributed by atoms with Gasteiger partial charge in [0, 0.05) is 13.1 Å². The maximum absolute atomic E-state index is 7.87. The van der Waals surface area contributed by atoms with Crippen LogP contribution in [0.5, 0.6) is 0 Å². The Morgan fingerprint density at radius 3 is 2.69 bits per heavy atom. The van der Waals surface area contributed by atoms with Crippen LogP contribution < -0.4 is 0 Å². The van der Waals surface area contributed by atoms with Gasteiger partial charge < -0.3 is 9.32 Å². The maximum Gasteiger partial charge on any atom is 0.168 e. The van der Waals surface area contributed by atoms with Crippen molar-refractivity contribution in [1.29, 1.82) is 5.41 Å². The second kappa shape index (κ2) is 3.64. The SMILES string of the molecule is N=C(c1ccco1)N1CCCCC1. The van der Waals surface area contributed by atoms with Gasteiger partial charge in [0.05, 0.1) is 6.26 Å². The minimum atomic E-state index is 0.532. The Morgan fingerprint density at radius 2 is 2.08 bits per heavy atom. The first-order chi connectivity index (χ1) is 6.38. The van der Waals surface area contributed by atoms with E-state index in [1.165, 1.54) is 19.3 Å². The van der Waals surface area contributed by atoms with Gasteiger partial charge in [-0.1, -0.05) is 0 Å². The third kappa shape index (κ3) is 1.74.